The van der Waals surface area contributed by atoms with Crippen molar-refractivity contribution < 1.29 is 4.74 Å². The van der Waals surface area contributed by atoms with E-state index in [1.807, 2.05) is 0 Å². The Labute approximate surface area is 91.8 Å². The zero-order chi connectivity index (χ0) is 9.97. The minimum absolute atomic E-state index is 0.374. The number of nitrogens with zero attached hydrogens (tertiary/aromatic N) is 3. The van der Waals surface area contributed by atoms with Crippen LogP contribution in [0.2, 0.25) is 4.47 Å². The first-order chi connectivity index (χ1) is 6.78. The largest absolute Gasteiger partial charge is 0.380 e. The van der Waals surface area contributed by atoms with E-state index in [2.05, 4.69) is 15.1 Å². The molecule has 0 amide bonds. The van der Waals surface area contributed by atoms with E-state index in [9.17, 15) is 0 Å². The number of hydrogen-bond donors (Lipinski definition) is 0. The Hall–Kier alpha value is -0.230. The molecule has 1 atom stereocenters. The highest BCUT2D eigenvalue weighted by atomic mass is 35.5. The highest BCUT2D eigenvalue weighted by Gasteiger charge is 2.22. The minimum atomic E-state index is 0.374. The van der Waals surface area contributed by atoms with E-state index < -0.39 is 0 Å². The van der Waals surface area contributed by atoms with Crippen LogP contribution in [0.3, 0.4) is 0 Å². The van der Waals surface area contributed by atoms with Crippen LogP contribution < -0.4 is 0 Å². The smallest absolute Gasteiger partial charge is 0.207 e. The van der Waals surface area contributed by atoms with Crippen molar-refractivity contribution in [3.8, 4) is 0 Å². The number of halogens is 1. The van der Waals surface area contributed by atoms with Crippen molar-refractivity contribution in [1.29, 1.82) is 0 Å². The van der Waals surface area contributed by atoms with Gasteiger partial charge in [-0.2, -0.15) is 0 Å². The Bertz CT molecular complexity index is 307. The summed E-state index contributed by atoms with van der Waals surface area (Å²) < 4.78 is 5.80. The predicted molar refractivity (Wildman–Crippen MR) is 55.6 cm³/mol. The van der Waals surface area contributed by atoms with Crippen LogP contribution >= 0.6 is 22.9 Å². The van der Waals surface area contributed by atoms with Gasteiger partial charge in [0.15, 0.2) is 0 Å². The maximum atomic E-state index is 5.70. The molecular formula is C8H12ClN3OS. The summed E-state index contributed by atoms with van der Waals surface area (Å²) in [6, 6.07) is 0. The van der Waals surface area contributed by atoms with Crippen LogP contribution in [0, 0.1) is 0 Å². The third-order valence-electron chi connectivity index (χ3n) is 2.36. The molecule has 0 radical (unpaired) electrons. The third-order valence-corrected chi connectivity index (χ3v) is 3.37. The van der Waals surface area contributed by atoms with Crippen LogP contribution in [0.25, 0.3) is 0 Å². The van der Waals surface area contributed by atoms with E-state index >= 15 is 0 Å². The maximum absolute atomic E-state index is 5.70. The molecule has 0 aromatic carbocycles. The van der Waals surface area contributed by atoms with Gasteiger partial charge in [-0.1, -0.05) is 11.3 Å². The summed E-state index contributed by atoms with van der Waals surface area (Å²) in [5.41, 5.74) is 0. The molecule has 0 bridgehead atoms. The average Bonchev–Trinajstić information content (AvgIpc) is 2.76. The molecule has 6 heteroatoms. The molecule has 14 heavy (non-hydrogen) atoms. The fourth-order valence-corrected chi connectivity index (χ4v) is 2.53. The van der Waals surface area contributed by atoms with Crippen LogP contribution in [0.4, 0.5) is 0 Å². The van der Waals surface area contributed by atoms with Gasteiger partial charge in [0.1, 0.15) is 5.01 Å². The molecule has 0 aliphatic carbocycles. The molecule has 1 aromatic rings. The van der Waals surface area contributed by atoms with Crippen molar-refractivity contribution in [2.45, 2.75) is 19.1 Å². The van der Waals surface area contributed by atoms with Crippen LogP contribution in [-0.4, -0.2) is 41.4 Å². The molecule has 1 aromatic heterocycles. The summed E-state index contributed by atoms with van der Waals surface area (Å²) >= 11 is 7.15. The molecule has 1 aliphatic heterocycles. The first kappa shape index (κ1) is 10.3. The second-order valence-corrected chi connectivity index (χ2v) is 4.97. The summed E-state index contributed by atoms with van der Waals surface area (Å²) in [5, 5.41) is 8.74. The molecule has 4 nitrogen and oxygen atoms in total. The quantitative estimate of drug-likeness (QED) is 0.792. The normalized spacial score (nSPS) is 23.1. The zero-order valence-electron chi connectivity index (χ0n) is 7.94. The van der Waals surface area contributed by atoms with Crippen molar-refractivity contribution in [2.24, 2.45) is 0 Å². The van der Waals surface area contributed by atoms with Crippen molar-refractivity contribution in [3.05, 3.63) is 9.47 Å². The highest BCUT2D eigenvalue weighted by Crippen LogP contribution is 2.19. The average molecular weight is 234 g/mol. The van der Waals surface area contributed by atoms with Crippen molar-refractivity contribution >= 4 is 22.9 Å². The lowest BCUT2D eigenvalue weighted by atomic mass is 10.3. The molecule has 0 N–H and O–H groups in total. The van der Waals surface area contributed by atoms with Crippen molar-refractivity contribution in [3.63, 3.8) is 0 Å². The standard InChI is InChI=1S/C8H12ClN3OS/c1-13-6-2-3-12(4-6)5-7-10-11-8(9)14-7/h6H,2-5H2,1H3. The van der Waals surface area contributed by atoms with Crippen LogP contribution in [0.1, 0.15) is 11.4 Å². The third kappa shape index (κ3) is 2.42. The van der Waals surface area contributed by atoms with Gasteiger partial charge in [-0.15, -0.1) is 10.2 Å². The van der Waals surface area contributed by atoms with E-state index in [0.717, 1.165) is 31.1 Å². The zero-order valence-corrected chi connectivity index (χ0v) is 9.51. The molecule has 78 valence electrons. The van der Waals surface area contributed by atoms with Crippen molar-refractivity contribution in [1.82, 2.24) is 15.1 Å². The number of rotatable bonds is 3. The number of likely N-dealkylation sites (tertiary alicyclic amines) is 1. The van der Waals surface area contributed by atoms with Gasteiger partial charge in [-0.25, -0.2) is 0 Å². The Kier molecular flexibility index (Phi) is 3.33. The second-order valence-electron chi connectivity index (χ2n) is 3.33. The van der Waals surface area contributed by atoms with Gasteiger partial charge >= 0.3 is 0 Å². The summed E-state index contributed by atoms with van der Waals surface area (Å²) in [4.78, 5) is 2.31. The van der Waals surface area contributed by atoms with Crippen LogP contribution in [0.5, 0.6) is 0 Å². The van der Waals surface area contributed by atoms with E-state index in [-0.39, 0.29) is 0 Å². The first-order valence-corrected chi connectivity index (χ1v) is 5.70. The fraction of sp³-hybridized carbons (Fsp3) is 0.750. The fourth-order valence-electron chi connectivity index (χ4n) is 1.62. The first-order valence-electron chi connectivity index (χ1n) is 4.51. The molecule has 0 saturated carbocycles. The Morgan fingerprint density at radius 3 is 3.07 bits per heavy atom. The highest BCUT2D eigenvalue weighted by molar-refractivity contribution is 7.15. The van der Waals surface area contributed by atoms with Crippen LogP contribution in [0.15, 0.2) is 0 Å². The van der Waals surface area contributed by atoms with E-state index in [4.69, 9.17) is 16.3 Å². The topological polar surface area (TPSA) is 38.2 Å². The molecule has 1 aliphatic rings. The Morgan fingerprint density at radius 2 is 2.50 bits per heavy atom. The Balaban J connectivity index is 1.87. The van der Waals surface area contributed by atoms with Gasteiger partial charge in [0.2, 0.25) is 4.47 Å². The molecule has 0 spiro atoms. The molecule has 2 heterocycles. The SMILES string of the molecule is COC1CCN(Cc2nnc(Cl)s2)C1. The summed E-state index contributed by atoms with van der Waals surface area (Å²) in [7, 11) is 1.76. The number of aromatic nitrogens is 2. The summed E-state index contributed by atoms with van der Waals surface area (Å²) in [6.45, 7) is 2.88. The summed E-state index contributed by atoms with van der Waals surface area (Å²) in [6.07, 6.45) is 1.47. The molecular weight excluding hydrogens is 222 g/mol. The van der Waals surface area contributed by atoms with Gasteiger partial charge < -0.3 is 4.74 Å². The molecule has 1 saturated heterocycles. The van der Waals surface area contributed by atoms with Gasteiger partial charge in [0.25, 0.3) is 0 Å². The lowest BCUT2D eigenvalue weighted by Gasteiger charge is -2.12. The molecule has 1 fully saturated rings. The number of hydrogen-bond acceptors (Lipinski definition) is 5. The molecule has 1 unspecified atom stereocenters. The van der Waals surface area contributed by atoms with E-state index in [0.29, 0.717) is 10.6 Å². The number of methoxy groups -OCH3 is 1. The second kappa shape index (κ2) is 4.53. The van der Waals surface area contributed by atoms with Crippen LogP contribution in [-0.2, 0) is 11.3 Å². The monoisotopic (exact) mass is 233 g/mol. The number of ether oxygens (including phenoxy) is 1. The lowest BCUT2D eigenvalue weighted by Crippen LogP contribution is -2.22. The van der Waals surface area contributed by atoms with Gasteiger partial charge in [0.05, 0.1) is 12.6 Å². The summed E-state index contributed by atoms with van der Waals surface area (Å²) in [5.74, 6) is 0. The minimum Gasteiger partial charge on any atom is -0.380 e. The van der Waals surface area contributed by atoms with E-state index in [1.54, 1.807) is 7.11 Å². The van der Waals surface area contributed by atoms with E-state index in [1.165, 1.54) is 11.3 Å². The maximum Gasteiger partial charge on any atom is 0.207 e. The molecule has 2 rings (SSSR count). The van der Waals surface area contributed by atoms with Gasteiger partial charge in [0, 0.05) is 20.2 Å². The van der Waals surface area contributed by atoms with Gasteiger partial charge in [-0.05, 0) is 18.0 Å². The predicted octanol–water partition coefficient (Wildman–Crippen LogP) is 1.41. The Morgan fingerprint density at radius 1 is 1.64 bits per heavy atom. The van der Waals surface area contributed by atoms with Crippen molar-refractivity contribution in [2.75, 3.05) is 20.2 Å². The lowest BCUT2D eigenvalue weighted by molar-refractivity contribution is 0.107. The van der Waals surface area contributed by atoms with Gasteiger partial charge in [-0.3, -0.25) is 4.90 Å².